The Morgan fingerprint density at radius 2 is 2.20 bits per heavy atom. The van der Waals surface area contributed by atoms with Gasteiger partial charge in [0.1, 0.15) is 0 Å². The SMILES string of the molecule is [2H]C([2H])([2H])C(=C)C[CH-]C(=C)C1=NC=C(C([2H])([2H])[2H])CC1.[2H]C=C(N=CC(=C[2H])C([2H])([2H])[2H])C1=[C-]C=C2c3ccccc3SC2C1.[Ir]. The molecule has 1 aromatic rings. The molecular weight excluding hydrogens is 625 g/mol. The Morgan fingerprint density at radius 3 is 2.91 bits per heavy atom. The molecule has 2 aliphatic heterocycles. The van der Waals surface area contributed by atoms with Gasteiger partial charge in [-0.2, -0.15) is 30.7 Å². The zero-order chi connectivity index (χ0) is 33.6. The van der Waals surface area contributed by atoms with Crippen LogP contribution in [-0.2, 0) is 20.1 Å². The van der Waals surface area contributed by atoms with Crippen molar-refractivity contribution < 1.29 is 35.2 Å². The van der Waals surface area contributed by atoms with Gasteiger partial charge in [-0.15, -0.1) is 36.0 Å². The molecule has 0 aromatic heterocycles. The molecule has 35 heavy (non-hydrogen) atoms. The van der Waals surface area contributed by atoms with Gasteiger partial charge in [0.25, 0.3) is 0 Å². The molecule has 2 heterocycles. The number of nitrogens with zero attached hydrogens (tertiary/aromatic N) is 2. The van der Waals surface area contributed by atoms with Gasteiger partial charge in [0.05, 0.1) is 1.37 Å². The van der Waals surface area contributed by atoms with Crippen molar-refractivity contribution in [3.63, 3.8) is 0 Å². The molecule has 1 radical (unpaired) electrons. The summed E-state index contributed by atoms with van der Waals surface area (Å²) in [6.07, 6.45) is 11.1. The number of fused-ring (bicyclic) bond motifs is 3. The fourth-order valence-corrected chi connectivity index (χ4v) is 4.82. The summed E-state index contributed by atoms with van der Waals surface area (Å²) < 4.78 is 80.4. The van der Waals surface area contributed by atoms with Crippen molar-refractivity contribution in [2.75, 3.05) is 0 Å². The van der Waals surface area contributed by atoms with E-state index >= 15 is 0 Å². The van der Waals surface area contributed by atoms with E-state index in [1.807, 2.05) is 18.2 Å². The maximum absolute atomic E-state index is 7.60. The Morgan fingerprint density at radius 1 is 1.31 bits per heavy atom. The van der Waals surface area contributed by atoms with Gasteiger partial charge < -0.3 is 9.98 Å². The van der Waals surface area contributed by atoms with Crippen molar-refractivity contribution in [3.05, 3.63) is 114 Å². The largest absolute Gasteiger partial charge is 0.325 e. The molecule has 2 nitrogen and oxygen atoms in total. The van der Waals surface area contributed by atoms with Gasteiger partial charge in [0, 0.05) is 51.1 Å². The number of aliphatic imine (C=N–C) groups is 2. The van der Waals surface area contributed by atoms with Gasteiger partial charge in [-0.3, -0.25) is 0 Å². The van der Waals surface area contributed by atoms with E-state index < -0.39 is 20.6 Å². The van der Waals surface area contributed by atoms with Crippen molar-refractivity contribution in [1.82, 2.24) is 0 Å². The second kappa shape index (κ2) is 13.6. The Labute approximate surface area is 245 Å². The number of thioether (sulfide) groups is 1. The topological polar surface area (TPSA) is 24.7 Å². The van der Waals surface area contributed by atoms with Crippen LogP contribution in [-0.4, -0.2) is 17.2 Å². The molecule has 0 N–H and O–H groups in total. The van der Waals surface area contributed by atoms with E-state index in [-0.39, 0.29) is 42.9 Å². The molecule has 4 rings (SSSR count). The molecule has 0 saturated heterocycles. The Hall–Kier alpha value is -2.39. The second-order valence-corrected chi connectivity index (χ2v) is 9.14. The number of rotatable bonds is 7. The van der Waals surface area contributed by atoms with E-state index in [2.05, 4.69) is 41.4 Å². The number of benzene rings is 1. The predicted molar refractivity (Wildman–Crippen MR) is 151 cm³/mol. The van der Waals surface area contributed by atoms with Crippen LogP contribution in [0.4, 0.5) is 0 Å². The monoisotopic (exact) mass is 670 g/mol. The van der Waals surface area contributed by atoms with Crippen molar-refractivity contribution >= 4 is 29.3 Å². The van der Waals surface area contributed by atoms with E-state index in [9.17, 15) is 0 Å². The summed E-state index contributed by atoms with van der Waals surface area (Å²) in [7, 11) is 0. The molecule has 0 spiro atoms. The quantitative estimate of drug-likeness (QED) is 0.162. The molecule has 0 fully saturated rings. The fraction of sp³-hybridized carbons (Fsp3) is 0.258. The summed E-state index contributed by atoms with van der Waals surface area (Å²) in [6.45, 7) is 2.59. The van der Waals surface area contributed by atoms with Crippen LogP contribution in [0.5, 0.6) is 0 Å². The molecule has 3 aliphatic rings. The third-order valence-electron chi connectivity index (χ3n) is 5.23. The second-order valence-electron chi connectivity index (χ2n) is 7.90. The van der Waals surface area contributed by atoms with Crippen LogP contribution in [0, 0.1) is 12.5 Å². The van der Waals surface area contributed by atoms with E-state index in [1.165, 1.54) is 22.2 Å². The van der Waals surface area contributed by atoms with Gasteiger partial charge in [0.15, 0.2) is 0 Å². The van der Waals surface area contributed by atoms with Gasteiger partial charge in [-0.25, -0.2) is 0 Å². The van der Waals surface area contributed by atoms with Crippen LogP contribution in [0.1, 0.15) is 66.9 Å². The summed E-state index contributed by atoms with van der Waals surface area (Å²) in [6, 6.07) is 8.23. The van der Waals surface area contributed by atoms with E-state index in [0.29, 0.717) is 41.8 Å². The zero-order valence-electron chi connectivity index (χ0n) is 30.2. The molecule has 4 heteroatoms. The maximum Gasteiger partial charge on any atom is 0.0541 e. The Bertz CT molecular complexity index is 1520. The van der Waals surface area contributed by atoms with Crippen LogP contribution >= 0.6 is 11.8 Å². The van der Waals surface area contributed by atoms with Gasteiger partial charge in [-0.05, 0) is 56.0 Å². The summed E-state index contributed by atoms with van der Waals surface area (Å²) >= 11 is 1.78. The van der Waals surface area contributed by atoms with Gasteiger partial charge in [-0.1, -0.05) is 60.0 Å². The molecule has 0 saturated carbocycles. The van der Waals surface area contributed by atoms with Crippen molar-refractivity contribution in [1.29, 1.82) is 0 Å². The summed E-state index contributed by atoms with van der Waals surface area (Å²) in [4.78, 5) is 9.48. The molecular formula is C31H34IrN2S-2. The average Bonchev–Trinajstić information content (AvgIpc) is 3.34. The molecule has 0 amide bonds. The van der Waals surface area contributed by atoms with Crippen molar-refractivity contribution in [2.24, 2.45) is 9.98 Å². The standard InChI is InChI=1S/C18H16NS.C13H18N.Ir/c1-12(2)11-19-13(3)14-8-9-16-15-6-4-5-7-17(15)20-18(16)10-14;1-10(2)5-7-12(4)13-8-6-11(3)9-14-13;/h4-7,9,11,18H,1,3,10H2,2H3;7,9H,1,4-6,8H2,2-3H3;/q2*-1;/i1D,2D3,3D;2D3,3D3;. The fourth-order valence-electron chi connectivity index (χ4n) is 3.47. The van der Waals surface area contributed by atoms with E-state index in [0.717, 1.165) is 24.9 Å². The predicted octanol–water partition coefficient (Wildman–Crippen LogP) is 8.69. The minimum Gasteiger partial charge on any atom is -0.325 e. The maximum atomic E-state index is 7.60. The van der Waals surface area contributed by atoms with Crippen molar-refractivity contribution in [2.45, 2.75) is 56.4 Å². The zero-order valence-corrected chi connectivity index (χ0v) is 22.4. The molecule has 0 bridgehead atoms. The molecule has 1 aromatic carbocycles. The Balaban J connectivity index is 0.000000322. The average molecular weight is 670 g/mol. The third kappa shape index (κ3) is 8.35. The van der Waals surface area contributed by atoms with Crippen molar-refractivity contribution in [3.8, 4) is 0 Å². The number of allylic oxidation sites excluding steroid dienone is 7. The summed E-state index contributed by atoms with van der Waals surface area (Å²) in [5.74, 6) is 0. The third-order valence-corrected chi connectivity index (χ3v) is 6.55. The van der Waals surface area contributed by atoms with Crippen LogP contribution in [0.3, 0.4) is 0 Å². The summed E-state index contributed by atoms with van der Waals surface area (Å²) in [5.41, 5.74) is 5.23. The first kappa shape index (κ1) is 16.4. The molecule has 1 aliphatic carbocycles. The number of hydrogen-bond donors (Lipinski definition) is 0. The van der Waals surface area contributed by atoms with Gasteiger partial charge >= 0.3 is 0 Å². The first-order chi connectivity index (χ1) is 21.0. The van der Waals surface area contributed by atoms with Crippen LogP contribution in [0.15, 0.2) is 111 Å². The van der Waals surface area contributed by atoms with E-state index in [4.69, 9.17) is 15.1 Å². The van der Waals surface area contributed by atoms with Gasteiger partial charge in [0.2, 0.25) is 0 Å². The molecule has 1 unspecified atom stereocenters. The first-order valence-electron chi connectivity index (χ1n) is 16.4. The molecule has 185 valence electrons. The minimum atomic E-state index is -2.39. The molecule has 1 atom stereocenters. The van der Waals surface area contributed by atoms with Crippen LogP contribution in [0.25, 0.3) is 5.57 Å². The smallest absolute Gasteiger partial charge is 0.0541 e. The number of hydrogen-bond acceptors (Lipinski definition) is 3. The van der Waals surface area contributed by atoms with Crippen LogP contribution < -0.4 is 0 Å². The van der Waals surface area contributed by atoms with E-state index in [1.54, 1.807) is 18.2 Å². The summed E-state index contributed by atoms with van der Waals surface area (Å²) in [5, 5.41) is 0.257. The first-order valence-corrected chi connectivity index (χ1v) is 11.6. The van der Waals surface area contributed by atoms with Crippen LogP contribution in [0.2, 0.25) is 0 Å². The normalized spacial score (nSPS) is 24.7. The Kier molecular flexibility index (Phi) is 6.38. The minimum absolute atomic E-state index is 0.